The number of carbonyl (C=O) groups is 1. The van der Waals surface area contributed by atoms with Gasteiger partial charge >= 0.3 is 0 Å². The second-order valence-electron chi connectivity index (χ2n) is 11.2. The molecule has 2 N–H and O–H groups in total. The van der Waals surface area contributed by atoms with Crippen molar-refractivity contribution in [1.82, 2.24) is 29.3 Å². The predicted octanol–water partition coefficient (Wildman–Crippen LogP) is 4.67. The van der Waals surface area contributed by atoms with Gasteiger partial charge in [-0.25, -0.2) is 15.0 Å². The number of anilines is 1. The van der Waals surface area contributed by atoms with Gasteiger partial charge in [-0.05, 0) is 62.4 Å². The zero-order chi connectivity index (χ0) is 30.8. The maximum atomic E-state index is 11.9. The number of methoxy groups -OCH3 is 1. The van der Waals surface area contributed by atoms with Gasteiger partial charge in [0, 0.05) is 62.0 Å². The first kappa shape index (κ1) is 29.2. The number of rotatable bonds is 7. The van der Waals surface area contributed by atoms with Gasteiger partial charge in [0.1, 0.15) is 23.5 Å². The van der Waals surface area contributed by atoms with Crippen LogP contribution in [0.5, 0.6) is 17.4 Å². The molecule has 2 aliphatic heterocycles. The average Bonchev–Trinajstić information content (AvgIpc) is 3.34. The van der Waals surface area contributed by atoms with Gasteiger partial charge in [-0.3, -0.25) is 9.69 Å². The van der Waals surface area contributed by atoms with Crippen molar-refractivity contribution >= 4 is 22.8 Å². The lowest BCUT2D eigenvalue weighted by Crippen LogP contribution is -2.55. The SMILES string of the molecule is C=CC(=O)N1CCC(N2CC(C#Cc3c(-c4ccc(Oc5cccc(C)n5)c(OC)c4)c4c(N)ncnc4n3CC)C2)CC1. The van der Waals surface area contributed by atoms with Gasteiger partial charge in [-0.2, -0.15) is 0 Å². The first-order valence-corrected chi connectivity index (χ1v) is 15.0. The Kier molecular flexibility index (Phi) is 8.22. The summed E-state index contributed by atoms with van der Waals surface area (Å²) in [5.41, 5.74) is 10.7. The van der Waals surface area contributed by atoms with Crippen LogP contribution in [0.2, 0.25) is 0 Å². The fourth-order valence-electron chi connectivity index (χ4n) is 6.16. The molecule has 44 heavy (non-hydrogen) atoms. The van der Waals surface area contributed by atoms with E-state index in [1.54, 1.807) is 7.11 Å². The molecule has 5 heterocycles. The van der Waals surface area contributed by atoms with Crippen LogP contribution in [-0.4, -0.2) is 74.6 Å². The second kappa shape index (κ2) is 12.4. The number of hydrogen-bond donors (Lipinski definition) is 1. The van der Waals surface area contributed by atoms with E-state index in [0.29, 0.717) is 35.8 Å². The van der Waals surface area contributed by atoms with Gasteiger partial charge < -0.3 is 24.7 Å². The zero-order valence-electron chi connectivity index (χ0n) is 25.4. The van der Waals surface area contributed by atoms with Crippen LogP contribution in [0.1, 0.15) is 31.2 Å². The summed E-state index contributed by atoms with van der Waals surface area (Å²) in [7, 11) is 1.62. The summed E-state index contributed by atoms with van der Waals surface area (Å²) in [6, 6.07) is 11.9. The molecule has 2 fully saturated rings. The standard InChI is InChI=1S/C34H37N7O3/c1-5-30(42)39-16-14-25(15-17-39)40-19-23(20-40)10-12-26-31(32-33(35)36-21-37-34(32)41(26)6-2)24-11-13-27(28(18-24)43-4)44-29-9-7-8-22(3)38-29/h5,7-9,11,13,18,21,23,25H,1,6,14-17,19-20H2,2-4H3,(H2,35,36,37). The molecule has 10 heteroatoms. The highest BCUT2D eigenvalue weighted by Crippen LogP contribution is 2.41. The Bertz CT molecular complexity index is 1770. The molecular formula is C34H37N7O3. The number of piperidine rings is 1. The van der Waals surface area contributed by atoms with Crippen molar-refractivity contribution in [2.75, 3.05) is 39.0 Å². The number of nitrogens with two attached hydrogens (primary N) is 1. The maximum Gasteiger partial charge on any atom is 0.245 e. The highest BCUT2D eigenvalue weighted by Gasteiger charge is 2.34. The number of likely N-dealkylation sites (tertiary alicyclic amines) is 2. The van der Waals surface area contributed by atoms with E-state index in [4.69, 9.17) is 15.2 Å². The van der Waals surface area contributed by atoms with Crippen LogP contribution in [0.15, 0.2) is 55.4 Å². The van der Waals surface area contributed by atoms with E-state index in [9.17, 15) is 4.79 Å². The molecule has 226 valence electrons. The lowest BCUT2D eigenvalue weighted by Gasteiger charge is -2.45. The molecule has 0 bridgehead atoms. The van der Waals surface area contributed by atoms with Crippen molar-refractivity contribution in [1.29, 1.82) is 0 Å². The number of benzene rings is 1. The van der Waals surface area contributed by atoms with Crippen molar-refractivity contribution in [3.63, 3.8) is 0 Å². The minimum atomic E-state index is 0.0197. The molecule has 10 nitrogen and oxygen atoms in total. The summed E-state index contributed by atoms with van der Waals surface area (Å²) >= 11 is 0. The molecule has 0 aliphatic carbocycles. The van der Waals surface area contributed by atoms with E-state index in [-0.39, 0.29) is 11.8 Å². The summed E-state index contributed by atoms with van der Waals surface area (Å²) < 4.78 is 13.9. The van der Waals surface area contributed by atoms with E-state index in [1.165, 1.54) is 12.4 Å². The van der Waals surface area contributed by atoms with Crippen LogP contribution in [0.25, 0.3) is 22.2 Å². The number of ether oxygens (including phenoxy) is 2. The summed E-state index contributed by atoms with van der Waals surface area (Å²) in [5, 5.41) is 0.769. The van der Waals surface area contributed by atoms with Crippen LogP contribution in [0.4, 0.5) is 5.82 Å². The number of aromatic nitrogens is 4. The highest BCUT2D eigenvalue weighted by molar-refractivity contribution is 6.03. The van der Waals surface area contributed by atoms with E-state index >= 15 is 0 Å². The molecule has 0 atom stereocenters. The Balaban J connectivity index is 1.29. The molecule has 0 spiro atoms. The third-order valence-electron chi connectivity index (χ3n) is 8.49. The first-order chi connectivity index (χ1) is 21.4. The molecular weight excluding hydrogens is 554 g/mol. The van der Waals surface area contributed by atoms with Crippen LogP contribution in [-0.2, 0) is 11.3 Å². The van der Waals surface area contributed by atoms with Gasteiger partial charge in [0.05, 0.1) is 12.5 Å². The molecule has 3 aromatic heterocycles. The molecule has 2 aliphatic rings. The summed E-state index contributed by atoms with van der Waals surface area (Å²) in [6.07, 6.45) is 4.86. The lowest BCUT2D eigenvalue weighted by molar-refractivity contribution is -0.127. The van der Waals surface area contributed by atoms with Crippen LogP contribution in [0.3, 0.4) is 0 Å². The molecule has 4 aromatic rings. The van der Waals surface area contributed by atoms with Crippen molar-refractivity contribution in [2.24, 2.45) is 5.92 Å². The third-order valence-corrected chi connectivity index (χ3v) is 8.49. The molecule has 6 rings (SSSR count). The molecule has 0 saturated carbocycles. The number of fused-ring (bicyclic) bond motifs is 1. The number of pyridine rings is 1. The van der Waals surface area contributed by atoms with Crippen molar-refractivity contribution < 1.29 is 14.3 Å². The predicted molar refractivity (Wildman–Crippen MR) is 170 cm³/mol. The topological polar surface area (TPSA) is 112 Å². The van der Waals surface area contributed by atoms with Crippen LogP contribution < -0.4 is 15.2 Å². The number of hydrogen-bond acceptors (Lipinski definition) is 8. The Labute approximate surface area is 257 Å². The fourth-order valence-corrected chi connectivity index (χ4v) is 6.16. The van der Waals surface area contributed by atoms with Crippen LogP contribution in [0, 0.1) is 24.7 Å². The zero-order valence-corrected chi connectivity index (χ0v) is 25.4. The minimum Gasteiger partial charge on any atom is -0.493 e. The number of nitrogens with zero attached hydrogens (tertiary/aromatic N) is 6. The number of carbonyl (C=O) groups excluding carboxylic acids is 1. The van der Waals surface area contributed by atoms with Gasteiger partial charge in [0.2, 0.25) is 11.8 Å². The van der Waals surface area contributed by atoms with E-state index in [0.717, 1.165) is 72.6 Å². The van der Waals surface area contributed by atoms with Crippen molar-refractivity contribution in [2.45, 2.75) is 39.3 Å². The summed E-state index contributed by atoms with van der Waals surface area (Å²) in [6.45, 7) is 11.7. The summed E-state index contributed by atoms with van der Waals surface area (Å²) in [4.78, 5) is 29.7. The molecule has 1 amide bonds. The highest BCUT2D eigenvalue weighted by atomic mass is 16.5. The third kappa shape index (κ3) is 5.58. The Morgan fingerprint density at radius 3 is 2.66 bits per heavy atom. The number of amides is 1. The van der Waals surface area contributed by atoms with E-state index in [2.05, 4.69) is 49.8 Å². The van der Waals surface area contributed by atoms with E-state index in [1.807, 2.05) is 48.2 Å². The maximum absolute atomic E-state index is 11.9. The van der Waals surface area contributed by atoms with Gasteiger partial charge in [0.15, 0.2) is 11.5 Å². The average molecular weight is 592 g/mol. The molecule has 2 saturated heterocycles. The summed E-state index contributed by atoms with van der Waals surface area (Å²) in [5.74, 6) is 9.35. The lowest BCUT2D eigenvalue weighted by atomic mass is 9.93. The van der Waals surface area contributed by atoms with Gasteiger partial charge in [-0.1, -0.05) is 24.6 Å². The smallest absolute Gasteiger partial charge is 0.245 e. The van der Waals surface area contributed by atoms with Crippen LogP contribution >= 0.6 is 0 Å². The first-order valence-electron chi connectivity index (χ1n) is 15.0. The number of aryl methyl sites for hydroxylation is 2. The van der Waals surface area contributed by atoms with Gasteiger partial charge in [0.25, 0.3) is 0 Å². The van der Waals surface area contributed by atoms with Gasteiger partial charge in [-0.15, -0.1) is 0 Å². The van der Waals surface area contributed by atoms with E-state index < -0.39 is 0 Å². The monoisotopic (exact) mass is 591 g/mol. The second-order valence-corrected chi connectivity index (χ2v) is 11.2. The van der Waals surface area contributed by atoms with Crippen molar-refractivity contribution in [3.8, 4) is 40.3 Å². The molecule has 0 unspecified atom stereocenters. The Morgan fingerprint density at radius 2 is 1.95 bits per heavy atom. The largest absolute Gasteiger partial charge is 0.493 e. The molecule has 0 radical (unpaired) electrons. The molecule has 1 aromatic carbocycles. The number of nitrogen functional groups attached to an aromatic ring is 1. The fraction of sp³-hybridized carbons (Fsp3) is 0.353. The normalized spacial score (nSPS) is 15.8. The minimum absolute atomic E-state index is 0.0197. The quantitative estimate of drug-likeness (QED) is 0.244. The Hall–Kier alpha value is -4.88. The Morgan fingerprint density at radius 1 is 1.16 bits per heavy atom. The van der Waals surface area contributed by atoms with Crippen molar-refractivity contribution in [3.05, 3.63) is 66.8 Å².